The van der Waals surface area contributed by atoms with E-state index in [1.165, 1.54) is 10.4 Å². The minimum Gasteiger partial charge on any atom is -0.309 e. The third kappa shape index (κ3) is 3.67. The molecule has 19 heavy (non-hydrogen) atoms. The van der Waals surface area contributed by atoms with Gasteiger partial charge in [0.15, 0.2) is 0 Å². The van der Waals surface area contributed by atoms with Crippen molar-refractivity contribution in [3.05, 3.63) is 40.3 Å². The third-order valence-electron chi connectivity index (χ3n) is 3.41. The molecule has 2 atom stereocenters. The van der Waals surface area contributed by atoms with Gasteiger partial charge in [0.1, 0.15) is 0 Å². The van der Waals surface area contributed by atoms with Crippen molar-refractivity contribution in [2.24, 2.45) is 0 Å². The van der Waals surface area contributed by atoms with Crippen molar-refractivity contribution < 1.29 is 0 Å². The van der Waals surface area contributed by atoms with E-state index in [1.54, 1.807) is 0 Å². The van der Waals surface area contributed by atoms with Crippen molar-refractivity contribution in [1.29, 1.82) is 0 Å². The minimum absolute atomic E-state index is 0.343. The maximum absolute atomic E-state index is 4.39. The molecule has 0 saturated heterocycles. The highest BCUT2D eigenvalue weighted by atomic mass is 32.1. The third-order valence-corrected chi connectivity index (χ3v) is 4.51. The Morgan fingerprint density at radius 1 is 1.32 bits per heavy atom. The van der Waals surface area contributed by atoms with Crippen LogP contribution in [0.1, 0.15) is 56.1 Å². The van der Waals surface area contributed by atoms with Gasteiger partial charge in [-0.2, -0.15) is 5.10 Å². The number of thiophene rings is 1. The van der Waals surface area contributed by atoms with Gasteiger partial charge in [0.05, 0.1) is 6.20 Å². The summed E-state index contributed by atoms with van der Waals surface area (Å²) in [6.07, 6.45) is 4.10. The molecule has 0 aromatic carbocycles. The van der Waals surface area contributed by atoms with Gasteiger partial charge < -0.3 is 5.32 Å². The van der Waals surface area contributed by atoms with Gasteiger partial charge in [0, 0.05) is 41.2 Å². The van der Waals surface area contributed by atoms with E-state index in [9.17, 15) is 0 Å². The summed E-state index contributed by atoms with van der Waals surface area (Å²) in [6, 6.07) is 5.09. The van der Waals surface area contributed by atoms with E-state index in [0.29, 0.717) is 18.0 Å². The van der Waals surface area contributed by atoms with Gasteiger partial charge in [-0.1, -0.05) is 13.0 Å². The number of nitrogens with one attached hydrogen (secondary N) is 1. The van der Waals surface area contributed by atoms with Gasteiger partial charge in [-0.3, -0.25) is 4.68 Å². The molecule has 4 heteroatoms. The summed E-state index contributed by atoms with van der Waals surface area (Å²) in [5, 5.41) is 10.1. The molecule has 2 rings (SSSR count). The molecule has 0 bridgehead atoms. The van der Waals surface area contributed by atoms with Crippen LogP contribution in [0.15, 0.2) is 29.9 Å². The Bertz CT molecular complexity index is 487. The zero-order valence-electron chi connectivity index (χ0n) is 12.1. The van der Waals surface area contributed by atoms with Crippen LogP contribution in [0.25, 0.3) is 0 Å². The molecular weight excluding hydrogens is 254 g/mol. The molecule has 0 amide bonds. The van der Waals surface area contributed by atoms with E-state index in [4.69, 9.17) is 0 Å². The van der Waals surface area contributed by atoms with E-state index < -0.39 is 0 Å². The normalized spacial score (nSPS) is 14.8. The lowest BCUT2D eigenvalue weighted by molar-refractivity contribution is 0.524. The molecular formula is C15H23N3S. The fourth-order valence-electron chi connectivity index (χ4n) is 2.00. The molecule has 0 aliphatic rings. The summed E-state index contributed by atoms with van der Waals surface area (Å²) in [5.41, 5.74) is 1.26. The predicted molar refractivity (Wildman–Crippen MR) is 81.8 cm³/mol. The van der Waals surface area contributed by atoms with Crippen LogP contribution in [0.4, 0.5) is 0 Å². The fourth-order valence-corrected chi connectivity index (χ4v) is 2.79. The Balaban J connectivity index is 1.88. The number of nitrogens with zero attached hydrogens (tertiary/aromatic N) is 2. The number of aromatic nitrogens is 2. The predicted octanol–water partition coefficient (Wildman–Crippen LogP) is 3.98. The quantitative estimate of drug-likeness (QED) is 0.865. The van der Waals surface area contributed by atoms with Crippen LogP contribution in [-0.2, 0) is 0 Å². The lowest BCUT2D eigenvalue weighted by atomic mass is 10.1. The van der Waals surface area contributed by atoms with E-state index in [-0.39, 0.29) is 0 Å². The molecule has 1 N–H and O–H groups in total. The van der Waals surface area contributed by atoms with Crippen molar-refractivity contribution >= 4 is 11.3 Å². The van der Waals surface area contributed by atoms with Gasteiger partial charge in [-0.05, 0) is 32.2 Å². The molecule has 0 saturated carbocycles. The molecule has 0 unspecified atom stereocenters. The monoisotopic (exact) mass is 277 g/mol. The Morgan fingerprint density at radius 2 is 2.11 bits per heavy atom. The van der Waals surface area contributed by atoms with Crippen LogP contribution >= 0.6 is 11.3 Å². The van der Waals surface area contributed by atoms with Crippen LogP contribution in [0, 0.1) is 0 Å². The van der Waals surface area contributed by atoms with Crippen LogP contribution in [0.3, 0.4) is 0 Å². The van der Waals surface area contributed by atoms with E-state index >= 15 is 0 Å². The van der Waals surface area contributed by atoms with Crippen molar-refractivity contribution in [3.8, 4) is 0 Å². The maximum Gasteiger partial charge on any atom is 0.0537 e. The van der Waals surface area contributed by atoms with Gasteiger partial charge in [0.2, 0.25) is 0 Å². The van der Waals surface area contributed by atoms with Crippen LogP contribution in [0.5, 0.6) is 0 Å². The zero-order valence-corrected chi connectivity index (χ0v) is 12.9. The minimum atomic E-state index is 0.343. The zero-order chi connectivity index (χ0) is 13.8. The summed E-state index contributed by atoms with van der Waals surface area (Å²) in [5.74, 6) is 0.558. The molecule has 0 fully saturated rings. The molecule has 3 nitrogen and oxygen atoms in total. The molecule has 0 aliphatic heterocycles. The molecule has 2 heterocycles. The van der Waals surface area contributed by atoms with Crippen molar-refractivity contribution in [2.45, 2.75) is 45.7 Å². The van der Waals surface area contributed by atoms with Crippen molar-refractivity contribution in [2.75, 3.05) is 6.54 Å². The summed E-state index contributed by atoms with van der Waals surface area (Å²) in [6.45, 7) is 9.75. The number of hydrogen-bond acceptors (Lipinski definition) is 3. The van der Waals surface area contributed by atoms with Crippen molar-refractivity contribution in [3.63, 3.8) is 0 Å². The second kappa shape index (κ2) is 6.35. The second-order valence-electron chi connectivity index (χ2n) is 5.39. The highest BCUT2D eigenvalue weighted by Gasteiger charge is 2.12. The van der Waals surface area contributed by atoms with E-state index in [1.807, 2.05) is 22.2 Å². The topological polar surface area (TPSA) is 29.9 Å². The van der Waals surface area contributed by atoms with Gasteiger partial charge in [-0.15, -0.1) is 11.3 Å². The van der Waals surface area contributed by atoms with E-state index in [2.05, 4.69) is 61.8 Å². The van der Waals surface area contributed by atoms with Gasteiger partial charge in [-0.25, -0.2) is 0 Å². The Labute approximate surface area is 119 Å². The highest BCUT2D eigenvalue weighted by molar-refractivity contribution is 7.10. The smallest absolute Gasteiger partial charge is 0.0537 e. The summed E-state index contributed by atoms with van der Waals surface area (Å²) in [4.78, 5) is 1.44. The lowest BCUT2D eigenvalue weighted by Gasteiger charge is -2.16. The number of rotatable bonds is 6. The first kappa shape index (κ1) is 14.3. The first-order valence-electron chi connectivity index (χ1n) is 6.88. The first-order chi connectivity index (χ1) is 9.08. The molecule has 0 aliphatic carbocycles. The van der Waals surface area contributed by atoms with Gasteiger partial charge in [0.25, 0.3) is 0 Å². The molecule has 2 aromatic heterocycles. The van der Waals surface area contributed by atoms with Crippen LogP contribution in [-0.4, -0.2) is 16.3 Å². The lowest BCUT2D eigenvalue weighted by Crippen LogP contribution is -2.23. The van der Waals surface area contributed by atoms with Crippen LogP contribution < -0.4 is 5.32 Å². The second-order valence-corrected chi connectivity index (χ2v) is 6.37. The average Bonchev–Trinajstić information content (AvgIpc) is 3.05. The molecule has 2 aromatic rings. The van der Waals surface area contributed by atoms with Crippen molar-refractivity contribution in [1.82, 2.24) is 15.1 Å². The molecule has 0 spiro atoms. The summed E-state index contributed by atoms with van der Waals surface area (Å²) in [7, 11) is 0. The Hall–Kier alpha value is -1.13. The Morgan fingerprint density at radius 3 is 2.68 bits per heavy atom. The van der Waals surface area contributed by atoms with Gasteiger partial charge >= 0.3 is 0 Å². The first-order valence-corrected chi connectivity index (χ1v) is 7.76. The SMILES string of the molecule is CC(C)n1cc([C@@H](C)NC[C@H](C)c2cccs2)cn1. The molecule has 104 valence electrons. The average molecular weight is 277 g/mol. The standard InChI is InChI=1S/C15H23N3S/c1-11(2)18-10-14(9-17-18)13(4)16-8-12(3)15-6-5-7-19-15/h5-7,9-13,16H,8H2,1-4H3/t12-,13+/m0/s1. The largest absolute Gasteiger partial charge is 0.309 e. The highest BCUT2D eigenvalue weighted by Crippen LogP contribution is 2.21. The molecule has 0 radical (unpaired) electrons. The van der Waals surface area contributed by atoms with E-state index in [0.717, 1.165) is 6.54 Å². The fraction of sp³-hybridized carbons (Fsp3) is 0.533. The Kier molecular flexibility index (Phi) is 4.77. The summed E-state index contributed by atoms with van der Waals surface area (Å²) < 4.78 is 2.01. The number of hydrogen-bond donors (Lipinski definition) is 1. The summed E-state index contributed by atoms with van der Waals surface area (Å²) >= 11 is 1.83. The van der Waals surface area contributed by atoms with Crippen LogP contribution in [0.2, 0.25) is 0 Å². The maximum atomic E-state index is 4.39.